The summed E-state index contributed by atoms with van der Waals surface area (Å²) in [4.78, 5) is 0. The monoisotopic (exact) mass is 223 g/mol. The first-order valence-corrected chi connectivity index (χ1v) is 7.47. The molecule has 0 amide bonds. The first kappa shape index (κ1) is 12.4. The summed E-state index contributed by atoms with van der Waals surface area (Å²) >= 11 is 0. The van der Waals surface area contributed by atoms with Crippen LogP contribution in [0, 0.1) is 17.8 Å². The van der Waals surface area contributed by atoms with Gasteiger partial charge in [-0.2, -0.15) is 0 Å². The van der Waals surface area contributed by atoms with E-state index in [1.54, 1.807) is 0 Å². The van der Waals surface area contributed by atoms with Gasteiger partial charge in [0.25, 0.3) is 0 Å². The van der Waals surface area contributed by atoms with Crippen molar-refractivity contribution < 1.29 is 0 Å². The maximum absolute atomic E-state index is 3.85. The molecule has 94 valence electrons. The fourth-order valence-corrected chi connectivity index (χ4v) is 3.84. The van der Waals surface area contributed by atoms with Gasteiger partial charge in [-0.15, -0.1) is 0 Å². The number of hydrogen-bond donors (Lipinski definition) is 1. The van der Waals surface area contributed by atoms with Gasteiger partial charge in [-0.25, -0.2) is 0 Å². The van der Waals surface area contributed by atoms with Crippen molar-refractivity contribution in [2.75, 3.05) is 6.54 Å². The van der Waals surface area contributed by atoms with Crippen molar-refractivity contribution in [3.8, 4) is 0 Å². The van der Waals surface area contributed by atoms with Crippen LogP contribution in [0.1, 0.15) is 65.2 Å². The Kier molecular flexibility index (Phi) is 4.69. The molecule has 0 aromatic heterocycles. The van der Waals surface area contributed by atoms with Gasteiger partial charge in [-0.3, -0.25) is 0 Å². The second-order valence-corrected chi connectivity index (χ2v) is 6.53. The van der Waals surface area contributed by atoms with Gasteiger partial charge in [0.15, 0.2) is 0 Å². The van der Waals surface area contributed by atoms with E-state index in [0.717, 1.165) is 23.8 Å². The predicted molar refractivity (Wildman–Crippen MR) is 70.5 cm³/mol. The Balaban J connectivity index is 1.68. The van der Waals surface area contributed by atoms with Crippen molar-refractivity contribution in [3.05, 3.63) is 0 Å². The van der Waals surface area contributed by atoms with Crippen LogP contribution in [-0.2, 0) is 0 Å². The van der Waals surface area contributed by atoms with Crippen LogP contribution in [0.3, 0.4) is 0 Å². The van der Waals surface area contributed by atoms with Crippen LogP contribution in [0.25, 0.3) is 0 Å². The van der Waals surface area contributed by atoms with E-state index in [2.05, 4.69) is 19.2 Å². The minimum Gasteiger partial charge on any atom is -0.314 e. The second kappa shape index (κ2) is 6.05. The summed E-state index contributed by atoms with van der Waals surface area (Å²) in [6.07, 6.45) is 11.7. The molecule has 2 aliphatic rings. The van der Waals surface area contributed by atoms with Crippen LogP contribution in [0.5, 0.6) is 0 Å². The summed E-state index contributed by atoms with van der Waals surface area (Å²) in [7, 11) is 0. The topological polar surface area (TPSA) is 12.0 Å². The summed E-state index contributed by atoms with van der Waals surface area (Å²) in [5.74, 6) is 2.86. The zero-order valence-corrected chi connectivity index (χ0v) is 11.2. The van der Waals surface area contributed by atoms with Gasteiger partial charge < -0.3 is 5.32 Å². The minimum absolute atomic E-state index is 0.820. The third kappa shape index (κ3) is 3.76. The van der Waals surface area contributed by atoms with E-state index in [9.17, 15) is 0 Å². The van der Waals surface area contributed by atoms with Crippen LogP contribution in [0.4, 0.5) is 0 Å². The molecule has 2 rings (SSSR count). The van der Waals surface area contributed by atoms with Gasteiger partial charge in [0.05, 0.1) is 0 Å². The van der Waals surface area contributed by atoms with E-state index >= 15 is 0 Å². The van der Waals surface area contributed by atoms with Gasteiger partial charge in [-0.1, -0.05) is 33.1 Å². The summed E-state index contributed by atoms with van der Waals surface area (Å²) in [5, 5.41) is 3.85. The molecule has 1 heteroatoms. The summed E-state index contributed by atoms with van der Waals surface area (Å²) in [5.41, 5.74) is 0. The zero-order valence-electron chi connectivity index (χ0n) is 11.2. The van der Waals surface area contributed by atoms with Crippen LogP contribution in [-0.4, -0.2) is 12.6 Å². The lowest BCUT2D eigenvalue weighted by Gasteiger charge is -2.33. The molecule has 0 bridgehead atoms. The van der Waals surface area contributed by atoms with Crippen LogP contribution in [0.2, 0.25) is 0 Å². The minimum atomic E-state index is 0.820. The molecule has 1 nitrogen and oxygen atoms in total. The van der Waals surface area contributed by atoms with Crippen molar-refractivity contribution in [1.29, 1.82) is 0 Å². The van der Waals surface area contributed by atoms with Gasteiger partial charge >= 0.3 is 0 Å². The molecule has 0 radical (unpaired) electrons. The number of rotatable bonds is 3. The molecule has 0 aliphatic heterocycles. The fourth-order valence-electron chi connectivity index (χ4n) is 3.84. The van der Waals surface area contributed by atoms with E-state index in [1.807, 2.05) is 0 Å². The number of nitrogens with one attached hydrogen (secondary N) is 1. The molecule has 0 spiro atoms. The van der Waals surface area contributed by atoms with E-state index in [1.165, 1.54) is 57.9 Å². The molecule has 2 aliphatic carbocycles. The highest BCUT2D eigenvalue weighted by Gasteiger charge is 2.24. The molecule has 0 saturated heterocycles. The van der Waals surface area contributed by atoms with Crippen molar-refractivity contribution in [3.63, 3.8) is 0 Å². The lowest BCUT2D eigenvalue weighted by atomic mass is 9.80. The third-order valence-electron chi connectivity index (χ3n) is 4.60. The Morgan fingerprint density at radius 2 is 1.50 bits per heavy atom. The first-order chi connectivity index (χ1) is 7.74. The van der Waals surface area contributed by atoms with Gasteiger partial charge in [0.2, 0.25) is 0 Å². The van der Waals surface area contributed by atoms with E-state index < -0.39 is 0 Å². The standard InChI is InChI=1S/C15H29N/c1-12-8-13(2)10-15(9-12)16-11-14-6-4-3-5-7-14/h12-16H,3-11H2,1-2H3. The van der Waals surface area contributed by atoms with Crippen molar-refractivity contribution >= 4 is 0 Å². The predicted octanol–water partition coefficient (Wildman–Crippen LogP) is 3.98. The Morgan fingerprint density at radius 1 is 0.875 bits per heavy atom. The highest BCUT2D eigenvalue weighted by Crippen LogP contribution is 2.29. The van der Waals surface area contributed by atoms with Gasteiger partial charge in [0, 0.05) is 6.04 Å². The van der Waals surface area contributed by atoms with Crippen molar-refractivity contribution in [1.82, 2.24) is 5.32 Å². The molecule has 2 saturated carbocycles. The first-order valence-electron chi connectivity index (χ1n) is 7.47. The quantitative estimate of drug-likeness (QED) is 0.763. The maximum Gasteiger partial charge on any atom is 0.00722 e. The molecule has 16 heavy (non-hydrogen) atoms. The molecule has 0 aromatic rings. The molecule has 0 heterocycles. The molecule has 2 unspecified atom stereocenters. The van der Waals surface area contributed by atoms with Crippen molar-refractivity contribution in [2.45, 2.75) is 71.3 Å². The summed E-state index contributed by atoms with van der Waals surface area (Å²) < 4.78 is 0. The van der Waals surface area contributed by atoms with Crippen LogP contribution < -0.4 is 5.32 Å². The average molecular weight is 223 g/mol. The van der Waals surface area contributed by atoms with Crippen LogP contribution >= 0.6 is 0 Å². The molecule has 2 fully saturated rings. The lowest BCUT2D eigenvalue weighted by Crippen LogP contribution is -2.39. The van der Waals surface area contributed by atoms with E-state index in [0.29, 0.717) is 0 Å². The zero-order chi connectivity index (χ0) is 11.4. The van der Waals surface area contributed by atoms with Gasteiger partial charge in [0.1, 0.15) is 0 Å². The summed E-state index contributed by atoms with van der Waals surface area (Å²) in [6, 6.07) is 0.820. The van der Waals surface area contributed by atoms with E-state index in [-0.39, 0.29) is 0 Å². The molecular formula is C15H29N. The Labute approximate surface area is 101 Å². The number of hydrogen-bond acceptors (Lipinski definition) is 1. The average Bonchev–Trinajstić information content (AvgIpc) is 2.27. The fraction of sp³-hybridized carbons (Fsp3) is 1.00. The lowest BCUT2D eigenvalue weighted by molar-refractivity contribution is 0.224. The molecule has 1 N–H and O–H groups in total. The van der Waals surface area contributed by atoms with E-state index in [4.69, 9.17) is 0 Å². The Morgan fingerprint density at radius 3 is 2.12 bits per heavy atom. The smallest absolute Gasteiger partial charge is 0.00722 e. The SMILES string of the molecule is CC1CC(C)CC(NCC2CCCCC2)C1. The normalized spacial score (nSPS) is 37.5. The van der Waals surface area contributed by atoms with Gasteiger partial charge in [-0.05, 0) is 56.4 Å². The maximum atomic E-state index is 3.85. The third-order valence-corrected chi connectivity index (χ3v) is 4.60. The highest BCUT2D eigenvalue weighted by atomic mass is 14.9. The second-order valence-electron chi connectivity index (χ2n) is 6.53. The molecule has 2 atom stereocenters. The van der Waals surface area contributed by atoms with Crippen molar-refractivity contribution in [2.24, 2.45) is 17.8 Å². The van der Waals surface area contributed by atoms with Crippen LogP contribution in [0.15, 0.2) is 0 Å². The largest absolute Gasteiger partial charge is 0.314 e. The Hall–Kier alpha value is -0.0400. The summed E-state index contributed by atoms with van der Waals surface area (Å²) in [6.45, 7) is 6.14. The highest BCUT2D eigenvalue weighted by molar-refractivity contribution is 4.80. The Bertz CT molecular complexity index is 186. The molecule has 0 aromatic carbocycles. The molecular weight excluding hydrogens is 194 g/mol.